The molecule has 0 unspecified atom stereocenters. The number of fused-ring (bicyclic) bond motifs is 3. The van der Waals surface area contributed by atoms with Crippen molar-refractivity contribution >= 4 is 45.0 Å². The van der Waals surface area contributed by atoms with Crippen molar-refractivity contribution in [3.8, 4) is 0 Å². The Kier molecular flexibility index (Phi) is 1.19. The predicted octanol–water partition coefficient (Wildman–Crippen LogP) is 4.09. The van der Waals surface area contributed by atoms with Crippen molar-refractivity contribution in [1.82, 2.24) is 9.97 Å². The SMILES string of the molecule is [2H]c1nc2c(c([2H])c([2H])c3c(Cl)c([2H])c([2H])nc32)c(Cl)c1[2H]. The van der Waals surface area contributed by atoms with Gasteiger partial charge in [-0.1, -0.05) is 35.3 Å². The number of hydrogen-bond donors (Lipinski definition) is 0. The summed E-state index contributed by atoms with van der Waals surface area (Å²) in [6.07, 6.45) is -0.814. The highest BCUT2D eigenvalue weighted by atomic mass is 35.5. The van der Waals surface area contributed by atoms with E-state index < -0.39 is 12.3 Å². The monoisotopic (exact) mass is 254 g/mol. The molecule has 0 atom stereocenters. The van der Waals surface area contributed by atoms with Crippen LogP contribution in [0.1, 0.15) is 8.22 Å². The summed E-state index contributed by atoms with van der Waals surface area (Å²) < 4.78 is 46.8. The molecule has 0 amide bonds. The van der Waals surface area contributed by atoms with Gasteiger partial charge in [-0.3, -0.25) is 9.97 Å². The van der Waals surface area contributed by atoms with Gasteiger partial charge in [0.25, 0.3) is 0 Å². The second-order valence-corrected chi connectivity index (χ2v) is 3.78. The fourth-order valence-electron chi connectivity index (χ4n) is 1.41. The van der Waals surface area contributed by atoms with E-state index in [1.54, 1.807) is 0 Å². The maximum atomic E-state index is 8.05. The smallest absolute Gasteiger partial charge is 0.0980 e. The highest BCUT2D eigenvalue weighted by Crippen LogP contribution is 2.30. The summed E-state index contributed by atoms with van der Waals surface area (Å²) in [5.41, 5.74) is 0.0507. The molecule has 78 valence electrons. The van der Waals surface area contributed by atoms with Crippen LogP contribution in [0.5, 0.6) is 0 Å². The first-order valence-electron chi connectivity index (χ1n) is 7.27. The van der Waals surface area contributed by atoms with Crippen LogP contribution in [0.4, 0.5) is 0 Å². The van der Waals surface area contributed by atoms with Crippen molar-refractivity contribution in [2.45, 2.75) is 0 Å². The molecule has 0 N–H and O–H groups in total. The molecule has 0 aliphatic carbocycles. The van der Waals surface area contributed by atoms with Crippen LogP contribution in [0.15, 0.2) is 36.5 Å². The Morgan fingerprint density at radius 1 is 0.812 bits per heavy atom. The van der Waals surface area contributed by atoms with Gasteiger partial charge >= 0.3 is 0 Å². The molecule has 0 saturated carbocycles. The lowest BCUT2D eigenvalue weighted by Crippen LogP contribution is -1.85. The van der Waals surface area contributed by atoms with Gasteiger partial charge in [0, 0.05) is 23.1 Å². The topological polar surface area (TPSA) is 25.8 Å². The van der Waals surface area contributed by atoms with Crippen LogP contribution < -0.4 is 0 Å². The molecule has 0 aliphatic heterocycles. The first-order chi connectivity index (χ1) is 10.3. The molecule has 0 fully saturated rings. The van der Waals surface area contributed by atoms with E-state index in [9.17, 15) is 0 Å². The average Bonchev–Trinajstić information content (AvgIpc) is 2.47. The van der Waals surface area contributed by atoms with E-state index in [0.717, 1.165) is 0 Å². The summed E-state index contributed by atoms with van der Waals surface area (Å²) in [6.45, 7) is 0. The van der Waals surface area contributed by atoms with Gasteiger partial charge in [-0.15, -0.1) is 0 Å². The zero-order valence-electron chi connectivity index (χ0n) is 13.7. The zero-order valence-corrected chi connectivity index (χ0v) is 9.16. The van der Waals surface area contributed by atoms with Crippen molar-refractivity contribution in [2.75, 3.05) is 0 Å². The molecule has 0 radical (unpaired) electrons. The van der Waals surface area contributed by atoms with Crippen molar-refractivity contribution in [3.63, 3.8) is 0 Å². The van der Waals surface area contributed by atoms with Crippen LogP contribution in [0.25, 0.3) is 21.8 Å². The highest BCUT2D eigenvalue weighted by Gasteiger charge is 2.07. The molecule has 1 aromatic carbocycles. The van der Waals surface area contributed by atoms with Crippen LogP contribution in [0, 0.1) is 0 Å². The van der Waals surface area contributed by atoms with Crippen LogP contribution in [-0.2, 0) is 0 Å². The van der Waals surface area contributed by atoms with E-state index in [4.69, 9.17) is 31.4 Å². The Morgan fingerprint density at radius 2 is 1.25 bits per heavy atom. The minimum absolute atomic E-state index is 0.0147. The molecule has 4 heteroatoms. The van der Waals surface area contributed by atoms with Gasteiger partial charge in [0.15, 0.2) is 0 Å². The van der Waals surface area contributed by atoms with E-state index >= 15 is 0 Å². The molecule has 0 bridgehead atoms. The predicted molar refractivity (Wildman–Crippen MR) is 67.1 cm³/mol. The second-order valence-electron chi connectivity index (χ2n) is 3.02. The quantitative estimate of drug-likeness (QED) is 0.565. The van der Waals surface area contributed by atoms with Crippen LogP contribution in [0.3, 0.4) is 0 Å². The zero-order chi connectivity index (χ0) is 16.3. The fraction of sp³-hybridized carbons (Fsp3) is 0. The summed E-state index contributed by atoms with van der Waals surface area (Å²) in [5.74, 6) is 0. The van der Waals surface area contributed by atoms with Gasteiger partial charge in [0.2, 0.25) is 0 Å². The molecular weight excluding hydrogens is 243 g/mol. The molecular formula is C12H6Cl2N2. The van der Waals surface area contributed by atoms with Gasteiger partial charge < -0.3 is 0 Å². The third-order valence-corrected chi connectivity index (χ3v) is 2.68. The number of halogens is 2. The van der Waals surface area contributed by atoms with E-state index in [1.165, 1.54) is 0 Å². The minimum atomic E-state index is -0.407. The van der Waals surface area contributed by atoms with E-state index in [0.29, 0.717) is 0 Å². The summed E-state index contributed by atoms with van der Waals surface area (Å²) >= 11 is 12.0. The van der Waals surface area contributed by atoms with Crippen LogP contribution >= 0.6 is 23.2 Å². The largest absolute Gasteiger partial charge is 0.254 e. The molecule has 16 heavy (non-hydrogen) atoms. The summed E-state index contributed by atoms with van der Waals surface area (Å²) in [5, 5.41) is -0.314. The second kappa shape index (κ2) is 3.58. The Morgan fingerprint density at radius 3 is 1.69 bits per heavy atom. The van der Waals surface area contributed by atoms with Crippen LogP contribution in [0.2, 0.25) is 10.0 Å². The first kappa shape index (κ1) is 5.30. The molecule has 2 nitrogen and oxygen atoms in total. The average molecular weight is 255 g/mol. The van der Waals surface area contributed by atoms with Gasteiger partial charge in [-0.05, 0) is 12.1 Å². The standard InChI is InChI=1S/C12H6Cl2N2/c13-9-3-5-15-11-7(9)1-2-8-10(14)4-6-16-12(8)11/h1-6H/i1D,2D,3D,4D,5D,6D. The summed E-state index contributed by atoms with van der Waals surface area (Å²) in [6, 6.07) is -1.32. The van der Waals surface area contributed by atoms with Crippen molar-refractivity contribution in [1.29, 1.82) is 0 Å². The lowest BCUT2D eigenvalue weighted by molar-refractivity contribution is 1.37. The maximum Gasteiger partial charge on any atom is 0.0980 e. The number of pyridine rings is 2. The Hall–Kier alpha value is -1.38. The van der Waals surface area contributed by atoms with Crippen LogP contribution in [-0.4, -0.2) is 9.97 Å². The number of benzene rings is 1. The van der Waals surface area contributed by atoms with Crippen molar-refractivity contribution in [3.05, 3.63) is 46.6 Å². The summed E-state index contributed by atoms with van der Waals surface area (Å²) in [7, 11) is 0. The third kappa shape index (κ3) is 1.34. The van der Waals surface area contributed by atoms with Crippen molar-refractivity contribution in [2.24, 2.45) is 0 Å². The third-order valence-electron chi connectivity index (χ3n) is 2.12. The molecule has 2 aromatic heterocycles. The normalized spacial score (nSPS) is 16.4. The number of rotatable bonds is 0. The Labute approximate surface area is 110 Å². The Bertz CT molecular complexity index is 897. The van der Waals surface area contributed by atoms with E-state index in [2.05, 4.69) is 9.97 Å². The minimum Gasteiger partial charge on any atom is -0.254 e. The fourth-order valence-corrected chi connectivity index (χ4v) is 1.76. The molecule has 0 saturated heterocycles. The summed E-state index contributed by atoms with van der Waals surface area (Å²) in [4.78, 5) is 7.81. The maximum absolute atomic E-state index is 8.05. The molecule has 0 aliphatic rings. The highest BCUT2D eigenvalue weighted by molar-refractivity contribution is 6.38. The first-order valence-corrected chi connectivity index (χ1v) is 5.03. The van der Waals surface area contributed by atoms with Gasteiger partial charge in [0.1, 0.15) is 0 Å². The van der Waals surface area contributed by atoms with Crippen molar-refractivity contribution < 1.29 is 8.22 Å². The molecule has 3 aromatic rings. The molecule has 2 heterocycles. The number of nitrogens with zero attached hydrogens (tertiary/aromatic N) is 2. The lowest BCUT2D eigenvalue weighted by atomic mass is 10.1. The van der Waals surface area contributed by atoms with E-state index in [1.807, 2.05) is 0 Å². The van der Waals surface area contributed by atoms with E-state index in [-0.39, 0.29) is 56.0 Å². The number of aromatic nitrogens is 2. The Balaban J connectivity index is 2.74. The van der Waals surface area contributed by atoms with Gasteiger partial charge in [-0.25, -0.2) is 0 Å². The van der Waals surface area contributed by atoms with Gasteiger partial charge in [-0.2, -0.15) is 0 Å². The molecule has 0 spiro atoms. The lowest BCUT2D eigenvalue weighted by Gasteiger charge is -2.04. The molecule has 3 rings (SSSR count). The van der Waals surface area contributed by atoms with Gasteiger partial charge in [0.05, 0.1) is 29.3 Å². The number of hydrogen-bond acceptors (Lipinski definition) is 2.